The highest BCUT2D eigenvalue weighted by Gasteiger charge is 2.38. The van der Waals surface area contributed by atoms with Gasteiger partial charge in [0.05, 0.1) is 17.7 Å². The number of amides is 1. The maximum atomic E-state index is 14.0. The van der Waals surface area contributed by atoms with E-state index in [4.69, 9.17) is 4.84 Å². The third-order valence-electron chi connectivity index (χ3n) is 3.84. The lowest BCUT2D eigenvalue weighted by molar-refractivity contribution is -0.164. The molecule has 0 fully saturated rings. The molecule has 2 aromatic carbocycles. The number of nitrogens with one attached hydrogen (secondary N) is 1. The number of hydroxylamine groups is 2. The molecule has 0 aliphatic carbocycles. The van der Waals surface area contributed by atoms with Gasteiger partial charge in [0.1, 0.15) is 23.3 Å². The highest BCUT2D eigenvalue weighted by atomic mass is 19.1. The number of hydrogen-bond donors (Lipinski definition) is 1. The van der Waals surface area contributed by atoms with Crippen molar-refractivity contribution in [3.05, 3.63) is 65.2 Å². The molecule has 1 aliphatic rings. The second-order valence-electron chi connectivity index (χ2n) is 6.17. The largest absolute Gasteiger partial charge is 0.323 e. The van der Waals surface area contributed by atoms with E-state index in [0.29, 0.717) is 6.07 Å². The predicted molar refractivity (Wildman–Crippen MR) is 89.8 cm³/mol. The van der Waals surface area contributed by atoms with Gasteiger partial charge in [-0.25, -0.2) is 32.5 Å². The summed E-state index contributed by atoms with van der Waals surface area (Å²) in [7, 11) is 1.44. The van der Waals surface area contributed by atoms with Gasteiger partial charge >= 0.3 is 0 Å². The molecular weight excluding hydrogens is 366 g/mol. The molecule has 3 rings (SSSR count). The number of anilines is 1. The van der Waals surface area contributed by atoms with Crippen LogP contribution in [0.2, 0.25) is 0 Å². The van der Waals surface area contributed by atoms with E-state index in [0.717, 1.165) is 35.4 Å². The third kappa shape index (κ3) is 4.08. The first-order valence-electron chi connectivity index (χ1n) is 7.90. The summed E-state index contributed by atoms with van der Waals surface area (Å²) in [5.41, 5.74) is -1.73. The molecule has 5 nitrogen and oxygen atoms in total. The Morgan fingerprint density at radius 2 is 1.78 bits per heavy atom. The normalized spacial score (nSPS) is 19.2. The van der Waals surface area contributed by atoms with Gasteiger partial charge in [0.2, 0.25) is 5.91 Å². The lowest BCUT2D eigenvalue weighted by atomic mass is 10.1. The van der Waals surface area contributed by atoms with Crippen molar-refractivity contribution in [2.24, 2.45) is 4.99 Å². The van der Waals surface area contributed by atoms with Crippen LogP contribution in [0.3, 0.4) is 0 Å². The standard InChI is InChI=1S/C18H15F4N3O2/c1-18(9-16(26)23-15-6-4-11(20)8-14(15)22)24-17(25(2)27-18)12-7-10(19)3-5-13(12)21/h3-8H,9H2,1-2H3,(H,23,26). The number of amidine groups is 1. The van der Waals surface area contributed by atoms with Crippen LogP contribution < -0.4 is 5.32 Å². The van der Waals surface area contributed by atoms with Crippen LogP contribution >= 0.6 is 0 Å². The molecule has 9 heteroatoms. The zero-order valence-corrected chi connectivity index (χ0v) is 14.4. The van der Waals surface area contributed by atoms with Crippen LogP contribution in [0.15, 0.2) is 41.4 Å². The van der Waals surface area contributed by atoms with Gasteiger partial charge in [0, 0.05) is 13.1 Å². The van der Waals surface area contributed by atoms with E-state index in [1.54, 1.807) is 0 Å². The van der Waals surface area contributed by atoms with Gasteiger partial charge < -0.3 is 5.32 Å². The SMILES string of the molecule is CN1OC(C)(CC(=O)Nc2ccc(F)cc2F)N=C1c1cc(F)ccc1F. The average molecular weight is 381 g/mol. The minimum atomic E-state index is -1.41. The molecule has 1 N–H and O–H groups in total. The Morgan fingerprint density at radius 1 is 1.11 bits per heavy atom. The number of hydrogen-bond acceptors (Lipinski definition) is 4. The Morgan fingerprint density at radius 3 is 2.48 bits per heavy atom. The minimum absolute atomic E-state index is 0.00950. The Balaban J connectivity index is 1.79. The highest BCUT2D eigenvalue weighted by Crippen LogP contribution is 2.29. The van der Waals surface area contributed by atoms with Crippen LogP contribution in [0, 0.1) is 23.3 Å². The fourth-order valence-electron chi connectivity index (χ4n) is 2.71. The van der Waals surface area contributed by atoms with Crippen molar-refractivity contribution in [1.82, 2.24) is 5.06 Å². The molecule has 0 radical (unpaired) electrons. The maximum absolute atomic E-state index is 14.0. The van der Waals surface area contributed by atoms with Gasteiger partial charge in [-0.3, -0.25) is 4.79 Å². The summed E-state index contributed by atoms with van der Waals surface area (Å²) in [5, 5.41) is 3.43. The highest BCUT2D eigenvalue weighted by molar-refractivity contribution is 6.00. The molecule has 1 atom stereocenters. The van der Waals surface area contributed by atoms with Gasteiger partial charge in [-0.2, -0.15) is 0 Å². The van der Waals surface area contributed by atoms with E-state index < -0.39 is 34.9 Å². The summed E-state index contributed by atoms with van der Waals surface area (Å²) in [5.74, 6) is -3.70. The van der Waals surface area contributed by atoms with Crippen LogP contribution in [0.1, 0.15) is 18.9 Å². The summed E-state index contributed by atoms with van der Waals surface area (Å²) >= 11 is 0. The minimum Gasteiger partial charge on any atom is -0.323 e. The Bertz CT molecular complexity index is 935. The average Bonchev–Trinajstić information content (AvgIpc) is 2.86. The first-order chi connectivity index (χ1) is 12.7. The van der Waals surface area contributed by atoms with Crippen LogP contribution in [-0.2, 0) is 9.63 Å². The second-order valence-corrected chi connectivity index (χ2v) is 6.17. The summed E-state index contributed by atoms with van der Waals surface area (Å²) in [4.78, 5) is 21.9. The van der Waals surface area contributed by atoms with E-state index in [9.17, 15) is 22.4 Å². The van der Waals surface area contributed by atoms with Gasteiger partial charge in [0.25, 0.3) is 0 Å². The van der Waals surface area contributed by atoms with E-state index >= 15 is 0 Å². The Labute approximate surface area is 152 Å². The van der Waals surface area contributed by atoms with Crippen LogP contribution in [0.4, 0.5) is 23.2 Å². The topological polar surface area (TPSA) is 53.9 Å². The number of aliphatic imine (C=N–C) groups is 1. The predicted octanol–water partition coefficient (Wildman–Crippen LogP) is 3.61. The Hall–Kier alpha value is -2.94. The molecule has 0 saturated heterocycles. The second kappa shape index (κ2) is 6.99. The van der Waals surface area contributed by atoms with Gasteiger partial charge in [-0.1, -0.05) is 0 Å². The van der Waals surface area contributed by atoms with Gasteiger partial charge in [-0.05, 0) is 37.3 Å². The summed E-state index contributed by atoms with van der Waals surface area (Å²) < 4.78 is 54.0. The Kier molecular flexibility index (Phi) is 4.88. The molecule has 1 aliphatic heterocycles. The number of carbonyl (C=O) groups is 1. The molecule has 0 saturated carbocycles. The van der Waals surface area contributed by atoms with E-state index in [2.05, 4.69) is 10.3 Å². The molecule has 1 amide bonds. The molecule has 0 spiro atoms. The van der Waals surface area contributed by atoms with Crippen LogP contribution in [-0.4, -0.2) is 29.6 Å². The third-order valence-corrected chi connectivity index (χ3v) is 3.84. The number of halogens is 4. The van der Waals surface area contributed by atoms with Crippen molar-refractivity contribution < 1.29 is 27.2 Å². The van der Waals surface area contributed by atoms with Crippen molar-refractivity contribution in [2.75, 3.05) is 12.4 Å². The molecule has 1 heterocycles. The number of carbonyl (C=O) groups excluding carboxylic acids is 1. The summed E-state index contributed by atoms with van der Waals surface area (Å²) in [6, 6.07) is 5.63. The fourth-order valence-corrected chi connectivity index (χ4v) is 2.71. The summed E-state index contributed by atoms with van der Waals surface area (Å²) in [6.07, 6.45) is -0.339. The first kappa shape index (κ1) is 18.8. The van der Waals surface area contributed by atoms with Crippen molar-refractivity contribution in [1.29, 1.82) is 0 Å². The zero-order chi connectivity index (χ0) is 19.8. The van der Waals surface area contributed by atoms with E-state index in [1.807, 2.05) is 0 Å². The lowest BCUT2D eigenvalue weighted by Gasteiger charge is -2.21. The van der Waals surface area contributed by atoms with Gasteiger partial charge in [0.15, 0.2) is 11.6 Å². The molecule has 0 aromatic heterocycles. The molecule has 2 aromatic rings. The van der Waals surface area contributed by atoms with Crippen molar-refractivity contribution >= 4 is 17.4 Å². The molecule has 0 bridgehead atoms. The molecule has 27 heavy (non-hydrogen) atoms. The van der Waals surface area contributed by atoms with Crippen LogP contribution in [0.5, 0.6) is 0 Å². The number of nitrogens with zero attached hydrogens (tertiary/aromatic N) is 2. The number of rotatable bonds is 4. The smallest absolute Gasteiger partial charge is 0.229 e. The van der Waals surface area contributed by atoms with Crippen molar-refractivity contribution in [3.63, 3.8) is 0 Å². The lowest BCUT2D eigenvalue weighted by Crippen LogP contribution is -2.33. The van der Waals surface area contributed by atoms with Crippen LogP contribution in [0.25, 0.3) is 0 Å². The quantitative estimate of drug-likeness (QED) is 0.824. The molecule has 142 valence electrons. The van der Waals surface area contributed by atoms with E-state index in [1.165, 1.54) is 14.0 Å². The zero-order valence-electron chi connectivity index (χ0n) is 14.4. The fraction of sp³-hybridized carbons (Fsp3) is 0.222. The first-order valence-corrected chi connectivity index (χ1v) is 7.90. The van der Waals surface area contributed by atoms with Gasteiger partial charge in [-0.15, -0.1) is 0 Å². The monoisotopic (exact) mass is 381 g/mol. The molecule has 1 unspecified atom stereocenters. The molecular formula is C18H15F4N3O2. The van der Waals surface area contributed by atoms with E-state index in [-0.39, 0.29) is 23.5 Å². The van der Waals surface area contributed by atoms with Crippen molar-refractivity contribution in [2.45, 2.75) is 19.1 Å². The maximum Gasteiger partial charge on any atom is 0.229 e. The summed E-state index contributed by atoms with van der Waals surface area (Å²) in [6.45, 7) is 1.47. The van der Waals surface area contributed by atoms with Crippen molar-refractivity contribution in [3.8, 4) is 0 Å². The number of benzene rings is 2.